The summed E-state index contributed by atoms with van der Waals surface area (Å²) < 4.78 is 0. The fourth-order valence-electron chi connectivity index (χ4n) is 1.18. The van der Waals surface area contributed by atoms with Gasteiger partial charge in [0, 0.05) is 6.54 Å². The Balaban J connectivity index is 2.71. The van der Waals surface area contributed by atoms with Gasteiger partial charge in [0.15, 0.2) is 0 Å². The van der Waals surface area contributed by atoms with Crippen molar-refractivity contribution < 1.29 is 14.7 Å². The van der Waals surface area contributed by atoms with E-state index < -0.39 is 6.09 Å². The van der Waals surface area contributed by atoms with Crippen molar-refractivity contribution in [3.63, 3.8) is 0 Å². The molecule has 0 radical (unpaired) electrons. The van der Waals surface area contributed by atoms with E-state index in [0.717, 1.165) is 4.90 Å². The Hall–Kier alpha value is -1.10. The molecule has 1 unspecified atom stereocenters. The van der Waals surface area contributed by atoms with E-state index in [4.69, 9.17) is 5.11 Å². The van der Waals surface area contributed by atoms with Crippen LogP contribution in [-0.2, 0) is 4.79 Å². The lowest BCUT2D eigenvalue weighted by molar-refractivity contribution is -0.130. The monoisotopic (exact) mass is 172 g/mol. The van der Waals surface area contributed by atoms with Crippen LogP contribution in [0.5, 0.6) is 0 Å². The number of hydrogen-bond acceptors (Lipinski definition) is 3. The van der Waals surface area contributed by atoms with Gasteiger partial charge in [-0.05, 0) is 19.9 Å². The molecule has 12 heavy (non-hydrogen) atoms. The van der Waals surface area contributed by atoms with E-state index in [0.29, 0.717) is 19.5 Å². The topological polar surface area (TPSA) is 69.6 Å². The van der Waals surface area contributed by atoms with Gasteiger partial charge in [-0.25, -0.2) is 9.69 Å². The highest BCUT2D eigenvalue weighted by molar-refractivity contribution is 5.94. The molecule has 0 saturated carbocycles. The van der Waals surface area contributed by atoms with Crippen molar-refractivity contribution in [2.45, 2.75) is 19.4 Å². The van der Waals surface area contributed by atoms with E-state index in [1.165, 1.54) is 0 Å². The van der Waals surface area contributed by atoms with E-state index in [2.05, 4.69) is 5.32 Å². The van der Waals surface area contributed by atoms with Crippen LogP contribution < -0.4 is 5.32 Å². The Bertz CT molecular complexity index is 205. The molecule has 0 aliphatic carbocycles. The van der Waals surface area contributed by atoms with Crippen LogP contribution in [0, 0.1) is 0 Å². The zero-order valence-corrected chi connectivity index (χ0v) is 6.91. The Morgan fingerprint density at radius 3 is 3.00 bits per heavy atom. The van der Waals surface area contributed by atoms with Crippen LogP contribution in [0.25, 0.3) is 0 Å². The molecule has 1 aliphatic heterocycles. The third-order valence-electron chi connectivity index (χ3n) is 1.88. The Labute approximate surface area is 70.4 Å². The highest BCUT2D eigenvalue weighted by atomic mass is 16.4. The second-order valence-electron chi connectivity index (χ2n) is 2.80. The molecular formula is C7H12N2O3. The number of carbonyl (C=O) groups is 2. The van der Waals surface area contributed by atoms with Crippen molar-refractivity contribution in [3.8, 4) is 0 Å². The molecule has 0 spiro atoms. The smallest absolute Gasteiger partial charge is 0.414 e. The molecule has 1 heterocycles. The van der Waals surface area contributed by atoms with Crippen LogP contribution in [0.4, 0.5) is 4.79 Å². The van der Waals surface area contributed by atoms with Crippen LogP contribution >= 0.6 is 0 Å². The first-order valence-electron chi connectivity index (χ1n) is 3.90. The van der Waals surface area contributed by atoms with Gasteiger partial charge in [-0.3, -0.25) is 4.79 Å². The van der Waals surface area contributed by atoms with Crippen LogP contribution in [0.1, 0.15) is 13.3 Å². The first kappa shape index (κ1) is 8.99. The van der Waals surface area contributed by atoms with E-state index in [1.54, 1.807) is 6.92 Å². The van der Waals surface area contributed by atoms with Crippen LogP contribution in [-0.4, -0.2) is 41.1 Å². The minimum Gasteiger partial charge on any atom is -0.465 e. The maximum absolute atomic E-state index is 11.3. The molecule has 2 N–H and O–H groups in total. The van der Waals surface area contributed by atoms with Crippen molar-refractivity contribution >= 4 is 12.0 Å². The molecule has 2 amide bonds. The van der Waals surface area contributed by atoms with Gasteiger partial charge in [-0.15, -0.1) is 0 Å². The molecule has 1 aliphatic rings. The molecular weight excluding hydrogens is 160 g/mol. The maximum Gasteiger partial charge on any atom is 0.414 e. The summed E-state index contributed by atoms with van der Waals surface area (Å²) in [5.74, 6) is -0.361. The minimum absolute atomic E-state index is 0.297. The van der Waals surface area contributed by atoms with E-state index >= 15 is 0 Å². The van der Waals surface area contributed by atoms with Gasteiger partial charge in [0.2, 0.25) is 5.91 Å². The van der Waals surface area contributed by atoms with Gasteiger partial charge < -0.3 is 10.4 Å². The molecule has 0 aromatic heterocycles. The van der Waals surface area contributed by atoms with Crippen molar-refractivity contribution in [1.82, 2.24) is 10.2 Å². The number of amides is 2. The molecule has 68 valence electrons. The SMILES string of the molecule is CC1NCCCN(C(=O)O)C1=O. The fourth-order valence-corrected chi connectivity index (χ4v) is 1.18. The third kappa shape index (κ3) is 1.73. The van der Waals surface area contributed by atoms with Crippen molar-refractivity contribution in [3.05, 3.63) is 0 Å². The predicted octanol–water partition coefficient (Wildman–Crippen LogP) is -0.125. The molecule has 5 heteroatoms. The summed E-state index contributed by atoms with van der Waals surface area (Å²) in [6.45, 7) is 2.66. The lowest BCUT2D eigenvalue weighted by Gasteiger charge is -2.16. The van der Waals surface area contributed by atoms with Gasteiger partial charge >= 0.3 is 6.09 Å². The highest BCUT2D eigenvalue weighted by Crippen LogP contribution is 2.02. The van der Waals surface area contributed by atoms with E-state index in [-0.39, 0.29) is 11.9 Å². The van der Waals surface area contributed by atoms with Crippen LogP contribution in [0.3, 0.4) is 0 Å². The van der Waals surface area contributed by atoms with Gasteiger partial charge in [-0.1, -0.05) is 0 Å². The summed E-state index contributed by atoms with van der Waals surface area (Å²) >= 11 is 0. The molecule has 1 atom stereocenters. The Morgan fingerprint density at radius 2 is 2.42 bits per heavy atom. The quantitative estimate of drug-likeness (QED) is 0.534. The van der Waals surface area contributed by atoms with Crippen molar-refractivity contribution in [2.75, 3.05) is 13.1 Å². The molecule has 1 rings (SSSR count). The van der Waals surface area contributed by atoms with Crippen LogP contribution in [0.15, 0.2) is 0 Å². The second kappa shape index (κ2) is 3.53. The third-order valence-corrected chi connectivity index (χ3v) is 1.88. The van der Waals surface area contributed by atoms with Gasteiger partial charge in [-0.2, -0.15) is 0 Å². The standard InChI is InChI=1S/C7H12N2O3/c1-5-6(10)9(7(11)12)4-2-3-8-5/h5,8H,2-4H2,1H3,(H,11,12). The van der Waals surface area contributed by atoms with E-state index in [9.17, 15) is 9.59 Å². The summed E-state index contributed by atoms with van der Waals surface area (Å²) in [6.07, 6.45) is -0.474. The second-order valence-corrected chi connectivity index (χ2v) is 2.80. The normalized spacial score (nSPS) is 25.2. The largest absolute Gasteiger partial charge is 0.465 e. The average molecular weight is 172 g/mol. The van der Waals surface area contributed by atoms with Crippen molar-refractivity contribution in [2.24, 2.45) is 0 Å². The number of carboxylic acid groups (broad SMARTS) is 1. The first-order chi connectivity index (χ1) is 5.63. The molecule has 0 aromatic carbocycles. The summed E-state index contributed by atoms with van der Waals surface area (Å²) in [6, 6.07) is -0.386. The summed E-state index contributed by atoms with van der Waals surface area (Å²) in [5, 5.41) is 11.6. The summed E-state index contributed by atoms with van der Waals surface area (Å²) in [7, 11) is 0. The van der Waals surface area contributed by atoms with Crippen LogP contribution in [0.2, 0.25) is 0 Å². The molecule has 5 nitrogen and oxygen atoms in total. The Morgan fingerprint density at radius 1 is 1.75 bits per heavy atom. The average Bonchev–Trinajstić information content (AvgIpc) is 2.15. The Kier molecular flexibility index (Phi) is 2.65. The number of nitrogens with zero attached hydrogens (tertiary/aromatic N) is 1. The number of imide groups is 1. The zero-order chi connectivity index (χ0) is 9.14. The maximum atomic E-state index is 11.3. The molecule has 1 saturated heterocycles. The zero-order valence-electron chi connectivity index (χ0n) is 6.91. The highest BCUT2D eigenvalue weighted by Gasteiger charge is 2.27. The van der Waals surface area contributed by atoms with Gasteiger partial charge in [0.05, 0.1) is 6.04 Å². The molecule has 1 fully saturated rings. The number of hydrogen-bond donors (Lipinski definition) is 2. The van der Waals surface area contributed by atoms with Gasteiger partial charge in [0.25, 0.3) is 0 Å². The lowest BCUT2D eigenvalue weighted by Crippen LogP contribution is -2.44. The number of carbonyl (C=O) groups excluding carboxylic acids is 1. The first-order valence-corrected chi connectivity index (χ1v) is 3.90. The molecule has 0 aromatic rings. The van der Waals surface area contributed by atoms with Gasteiger partial charge in [0.1, 0.15) is 0 Å². The number of rotatable bonds is 0. The number of nitrogens with one attached hydrogen (secondary N) is 1. The van der Waals surface area contributed by atoms with E-state index in [1.807, 2.05) is 0 Å². The summed E-state index contributed by atoms with van der Waals surface area (Å²) in [4.78, 5) is 22.7. The predicted molar refractivity (Wildman–Crippen MR) is 41.8 cm³/mol. The lowest BCUT2D eigenvalue weighted by atomic mass is 10.3. The fraction of sp³-hybridized carbons (Fsp3) is 0.714. The summed E-state index contributed by atoms with van der Waals surface area (Å²) in [5.41, 5.74) is 0. The minimum atomic E-state index is -1.16. The molecule has 0 bridgehead atoms. The van der Waals surface area contributed by atoms with Crippen molar-refractivity contribution in [1.29, 1.82) is 0 Å².